The van der Waals surface area contributed by atoms with Crippen LogP contribution in [0.2, 0.25) is 0 Å². The van der Waals surface area contributed by atoms with Gasteiger partial charge in [0.1, 0.15) is 10.3 Å². The number of rotatable bonds is 1. The van der Waals surface area contributed by atoms with Crippen molar-refractivity contribution in [3.63, 3.8) is 0 Å². The van der Waals surface area contributed by atoms with Crippen molar-refractivity contribution >= 4 is 28.6 Å². The van der Waals surface area contributed by atoms with Crippen LogP contribution in [0.3, 0.4) is 0 Å². The topological polar surface area (TPSA) is 64.3 Å². The second kappa shape index (κ2) is 3.73. The van der Waals surface area contributed by atoms with Gasteiger partial charge in [-0.1, -0.05) is 6.07 Å². The lowest BCUT2D eigenvalue weighted by atomic mass is 10.1. The molecule has 0 aliphatic carbocycles. The third kappa shape index (κ3) is 1.59. The smallest absolute Gasteiger partial charge is 0.336 e. The summed E-state index contributed by atoms with van der Waals surface area (Å²) >= 11 is 2.09. The highest BCUT2D eigenvalue weighted by Crippen LogP contribution is 2.30. The lowest BCUT2D eigenvalue weighted by Gasteiger charge is -2.20. The molecule has 0 radical (unpaired) electrons. The van der Waals surface area contributed by atoms with Crippen LogP contribution in [0.15, 0.2) is 24.3 Å². The lowest BCUT2D eigenvalue weighted by Crippen LogP contribution is -2.16. The van der Waals surface area contributed by atoms with E-state index in [9.17, 15) is 4.79 Å². The first kappa shape index (κ1) is 10.6. The molecule has 0 saturated heterocycles. The molecular formula is C11H7IN2O3. The summed E-state index contributed by atoms with van der Waals surface area (Å²) in [4.78, 5) is 11.1. The van der Waals surface area contributed by atoms with Gasteiger partial charge in [-0.05, 0) is 34.7 Å². The number of hydrogen-bond donors (Lipinski definition) is 1. The van der Waals surface area contributed by atoms with Crippen LogP contribution in [0.4, 0.5) is 0 Å². The van der Waals surface area contributed by atoms with Gasteiger partial charge in [-0.15, -0.1) is 0 Å². The average molecular weight is 342 g/mol. The van der Waals surface area contributed by atoms with Gasteiger partial charge < -0.3 is 9.84 Å². The molecule has 0 unspecified atom stereocenters. The van der Waals surface area contributed by atoms with Gasteiger partial charge in [0.25, 0.3) is 0 Å². The molecular weight excluding hydrogens is 335 g/mol. The number of carboxylic acids is 1. The third-order valence-electron chi connectivity index (χ3n) is 2.62. The zero-order valence-electron chi connectivity index (χ0n) is 8.55. The number of carboxylic acid groups (broad SMARTS) is 1. The molecule has 1 aromatic heterocycles. The molecule has 5 nitrogen and oxygen atoms in total. The number of halogens is 1. The van der Waals surface area contributed by atoms with Gasteiger partial charge in [-0.2, -0.15) is 9.78 Å². The van der Waals surface area contributed by atoms with Crippen molar-refractivity contribution in [2.24, 2.45) is 0 Å². The molecule has 1 aliphatic rings. The minimum atomic E-state index is -0.948. The second-order valence-electron chi connectivity index (χ2n) is 3.61. The predicted octanol–water partition coefficient (Wildman–Crippen LogP) is 2.07. The highest BCUT2D eigenvalue weighted by Gasteiger charge is 2.23. The SMILES string of the molecule is O=C(O)c1cccc2c1COc1cc(I)nn1-2. The van der Waals surface area contributed by atoms with Gasteiger partial charge in [-0.25, -0.2) is 4.79 Å². The molecule has 0 spiro atoms. The molecule has 0 atom stereocenters. The molecule has 86 valence electrons. The van der Waals surface area contributed by atoms with Crippen LogP contribution in [0.1, 0.15) is 15.9 Å². The van der Waals surface area contributed by atoms with E-state index >= 15 is 0 Å². The Morgan fingerprint density at radius 2 is 2.35 bits per heavy atom. The number of carbonyl (C=O) groups is 1. The molecule has 3 rings (SSSR count). The van der Waals surface area contributed by atoms with Crippen LogP contribution in [0.25, 0.3) is 5.69 Å². The largest absolute Gasteiger partial charge is 0.478 e. The highest BCUT2D eigenvalue weighted by molar-refractivity contribution is 14.1. The van der Waals surface area contributed by atoms with Crippen LogP contribution in [-0.4, -0.2) is 20.9 Å². The van der Waals surface area contributed by atoms with E-state index < -0.39 is 5.97 Å². The van der Waals surface area contributed by atoms with Crippen molar-refractivity contribution in [2.45, 2.75) is 6.61 Å². The van der Waals surface area contributed by atoms with Crippen molar-refractivity contribution in [1.82, 2.24) is 9.78 Å². The summed E-state index contributed by atoms with van der Waals surface area (Å²) in [6.45, 7) is 0.263. The summed E-state index contributed by atoms with van der Waals surface area (Å²) < 4.78 is 7.94. The summed E-state index contributed by atoms with van der Waals surface area (Å²) in [6, 6.07) is 6.95. The monoisotopic (exact) mass is 342 g/mol. The van der Waals surface area contributed by atoms with E-state index in [4.69, 9.17) is 9.84 Å². The van der Waals surface area contributed by atoms with E-state index in [2.05, 4.69) is 27.7 Å². The van der Waals surface area contributed by atoms with Gasteiger partial charge in [0.15, 0.2) is 0 Å². The Morgan fingerprint density at radius 1 is 1.53 bits per heavy atom. The van der Waals surface area contributed by atoms with E-state index in [0.717, 1.165) is 9.39 Å². The Labute approximate surface area is 110 Å². The number of ether oxygens (including phenoxy) is 1. The van der Waals surface area contributed by atoms with Crippen LogP contribution in [-0.2, 0) is 6.61 Å². The van der Waals surface area contributed by atoms with E-state index in [0.29, 0.717) is 11.4 Å². The van der Waals surface area contributed by atoms with E-state index in [1.807, 2.05) is 12.1 Å². The van der Waals surface area contributed by atoms with Gasteiger partial charge in [0.05, 0.1) is 11.3 Å². The zero-order chi connectivity index (χ0) is 12.0. The number of hydrogen-bond acceptors (Lipinski definition) is 3. The molecule has 1 N–H and O–H groups in total. The fraction of sp³-hybridized carbons (Fsp3) is 0.0909. The van der Waals surface area contributed by atoms with Crippen molar-refractivity contribution in [3.05, 3.63) is 39.1 Å². The highest BCUT2D eigenvalue weighted by atomic mass is 127. The molecule has 0 saturated carbocycles. The minimum Gasteiger partial charge on any atom is -0.478 e. The molecule has 0 bridgehead atoms. The van der Waals surface area contributed by atoms with Crippen LogP contribution < -0.4 is 4.74 Å². The number of aromatic carboxylic acids is 1. The first-order chi connectivity index (χ1) is 8.16. The van der Waals surface area contributed by atoms with Crippen LogP contribution in [0.5, 0.6) is 5.88 Å². The lowest BCUT2D eigenvalue weighted by molar-refractivity contribution is 0.0693. The van der Waals surface area contributed by atoms with Crippen LogP contribution in [0, 0.1) is 3.70 Å². The Kier molecular flexibility index (Phi) is 2.32. The fourth-order valence-electron chi connectivity index (χ4n) is 1.88. The summed E-state index contributed by atoms with van der Waals surface area (Å²) in [5, 5.41) is 13.4. The molecule has 0 amide bonds. The minimum absolute atomic E-state index is 0.263. The third-order valence-corrected chi connectivity index (χ3v) is 3.15. The van der Waals surface area contributed by atoms with Gasteiger partial charge in [0.2, 0.25) is 5.88 Å². The van der Waals surface area contributed by atoms with E-state index in [1.165, 1.54) is 0 Å². The molecule has 1 aromatic carbocycles. The maximum atomic E-state index is 11.1. The molecule has 6 heteroatoms. The number of benzene rings is 1. The average Bonchev–Trinajstić information content (AvgIpc) is 2.68. The summed E-state index contributed by atoms with van der Waals surface area (Å²) in [5.41, 5.74) is 1.69. The Bertz CT molecular complexity index is 621. The standard InChI is InChI=1S/C11H7IN2O3/c12-9-4-10-14(13-9)8-3-1-2-6(11(15)16)7(8)5-17-10/h1-4H,5H2,(H,15,16). The van der Waals surface area contributed by atoms with Crippen molar-refractivity contribution in [1.29, 1.82) is 0 Å². The number of fused-ring (bicyclic) bond motifs is 3. The second-order valence-corrected chi connectivity index (χ2v) is 4.72. The van der Waals surface area contributed by atoms with E-state index in [-0.39, 0.29) is 12.2 Å². The molecule has 2 aromatic rings. The molecule has 1 aliphatic heterocycles. The number of nitrogens with zero attached hydrogens (tertiary/aromatic N) is 2. The summed E-state index contributed by atoms with van der Waals surface area (Å²) in [7, 11) is 0. The van der Waals surface area contributed by atoms with Gasteiger partial charge in [-0.3, -0.25) is 0 Å². The summed E-state index contributed by atoms with van der Waals surface area (Å²) in [6.07, 6.45) is 0. The van der Waals surface area contributed by atoms with E-state index in [1.54, 1.807) is 16.8 Å². The van der Waals surface area contributed by atoms with Crippen molar-refractivity contribution < 1.29 is 14.6 Å². The molecule has 0 fully saturated rings. The normalized spacial score (nSPS) is 12.5. The van der Waals surface area contributed by atoms with Gasteiger partial charge >= 0.3 is 5.97 Å². The maximum Gasteiger partial charge on any atom is 0.336 e. The Hall–Kier alpha value is -1.57. The van der Waals surface area contributed by atoms with Crippen LogP contribution >= 0.6 is 22.6 Å². The first-order valence-corrected chi connectivity index (χ1v) is 5.98. The quantitative estimate of drug-likeness (QED) is 0.806. The number of aromatic nitrogens is 2. The summed E-state index contributed by atoms with van der Waals surface area (Å²) in [5.74, 6) is -0.305. The zero-order valence-corrected chi connectivity index (χ0v) is 10.7. The molecule has 17 heavy (non-hydrogen) atoms. The van der Waals surface area contributed by atoms with Crippen molar-refractivity contribution in [2.75, 3.05) is 0 Å². The van der Waals surface area contributed by atoms with Crippen molar-refractivity contribution in [3.8, 4) is 11.6 Å². The molecule has 2 heterocycles. The Morgan fingerprint density at radius 3 is 3.12 bits per heavy atom. The first-order valence-electron chi connectivity index (χ1n) is 4.91. The van der Waals surface area contributed by atoms with Gasteiger partial charge in [0, 0.05) is 11.6 Å². The predicted molar refractivity (Wildman–Crippen MR) is 67.6 cm³/mol. The Balaban J connectivity index is 2.26. The maximum absolute atomic E-state index is 11.1. The fourth-order valence-corrected chi connectivity index (χ4v) is 2.37.